The number of hydrogen-bond donors (Lipinski definition) is 2. The lowest BCUT2D eigenvalue weighted by atomic mass is 10.0. The first-order valence-electron chi connectivity index (χ1n) is 5.14. The molecule has 8 heteroatoms. The Hall–Kier alpha value is -1.31. The van der Waals surface area contributed by atoms with Crippen LogP contribution in [0.4, 0.5) is 0 Å². The Morgan fingerprint density at radius 1 is 1.53 bits per heavy atom. The third kappa shape index (κ3) is 3.09. The lowest BCUT2D eigenvalue weighted by molar-refractivity contribution is -0.133. The van der Waals surface area contributed by atoms with Crippen LogP contribution in [0.25, 0.3) is 0 Å². The predicted molar refractivity (Wildman–Crippen MR) is 62.4 cm³/mol. The summed E-state index contributed by atoms with van der Waals surface area (Å²) in [4.78, 5) is 13.3. The van der Waals surface area contributed by atoms with Gasteiger partial charge in [-0.25, -0.2) is 8.42 Å². The van der Waals surface area contributed by atoms with Crippen LogP contribution in [0.5, 0.6) is 0 Å². The van der Waals surface area contributed by atoms with Crippen molar-refractivity contribution in [3.05, 3.63) is 0 Å². The van der Waals surface area contributed by atoms with Crippen LogP contribution < -0.4 is 5.73 Å². The highest BCUT2D eigenvalue weighted by atomic mass is 32.2. The number of sulfone groups is 1. The Labute approximate surface area is 100 Å². The van der Waals surface area contributed by atoms with Crippen LogP contribution in [0.2, 0.25) is 0 Å². The van der Waals surface area contributed by atoms with Gasteiger partial charge < -0.3 is 15.8 Å². The Balaban J connectivity index is 2.65. The van der Waals surface area contributed by atoms with Gasteiger partial charge in [0.15, 0.2) is 5.84 Å². The highest BCUT2D eigenvalue weighted by Crippen LogP contribution is 2.47. The molecule has 0 aliphatic heterocycles. The van der Waals surface area contributed by atoms with E-state index in [1.807, 2.05) is 0 Å². The number of oxime groups is 1. The summed E-state index contributed by atoms with van der Waals surface area (Å²) in [6.45, 7) is 0.109. The number of nitrogens with two attached hydrogens (primary N) is 1. The van der Waals surface area contributed by atoms with E-state index in [1.54, 1.807) is 0 Å². The van der Waals surface area contributed by atoms with Crippen molar-refractivity contribution in [1.82, 2.24) is 4.90 Å². The number of amides is 1. The standard InChI is InChI=1S/C9H17N3O4S/c1-12(5-6-17(2,15)16)8(13)9(3-4-9)7(10)11-14/h14H,3-6H2,1-2H3,(H2,10,11). The molecule has 0 aromatic heterocycles. The number of amidine groups is 1. The van der Waals surface area contributed by atoms with Gasteiger partial charge in [-0.1, -0.05) is 5.16 Å². The van der Waals surface area contributed by atoms with Gasteiger partial charge >= 0.3 is 0 Å². The molecule has 1 aliphatic carbocycles. The summed E-state index contributed by atoms with van der Waals surface area (Å²) in [5, 5.41) is 11.5. The second-order valence-electron chi connectivity index (χ2n) is 4.42. The molecule has 0 radical (unpaired) electrons. The van der Waals surface area contributed by atoms with Crippen LogP contribution in [-0.2, 0) is 14.6 Å². The molecule has 0 atom stereocenters. The van der Waals surface area contributed by atoms with Crippen LogP contribution >= 0.6 is 0 Å². The first-order chi connectivity index (χ1) is 7.73. The first kappa shape index (κ1) is 13.8. The fraction of sp³-hybridized carbons (Fsp3) is 0.778. The molecule has 0 bridgehead atoms. The number of carbonyl (C=O) groups excluding carboxylic acids is 1. The molecule has 0 heterocycles. The van der Waals surface area contributed by atoms with Crippen molar-refractivity contribution in [3.8, 4) is 0 Å². The smallest absolute Gasteiger partial charge is 0.236 e. The summed E-state index contributed by atoms with van der Waals surface area (Å²) in [6, 6.07) is 0. The number of rotatable bonds is 5. The van der Waals surface area contributed by atoms with E-state index < -0.39 is 15.3 Å². The molecule has 0 spiro atoms. The van der Waals surface area contributed by atoms with Crippen molar-refractivity contribution in [2.45, 2.75) is 12.8 Å². The zero-order valence-electron chi connectivity index (χ0n) is 9.88. The van der Waals surface area contributed by atoms with E-state index in [1.165, 1.54) is 11.9 Å². The molecule has 7 nitrogen and oxygen atoms in total. The van der Waals surface area contributed by atoms with E-state index in [2.05, 4.69) is 5.16 Å². The second kappa shape index (κ2) is 4.52. The normalized spacial score (nSPS) is 18.8. The van der Waals surface area contributed by atoms with Gasteiger partial charge in [0, 0.05) is 19.8 Å². The molecule has 1 rings (SSSR count). The van der Waals surface area contributed by atoms with Gasteiger partial charge in [-0.3, -0.25) is 4.79 Å². The maximum Gasteiger partial charge on any atom is 0.236 e. The van der Waals surface area contributed by atoms with E-state index in [9.17, 15) is 13.2 Å². The maximum absolute atomic E-state index is 12.0. The molecule has 1 amide bonds. The molecule has 1 saturated carbocycles. The number of nitrogens with zero attached hydrogens (tertiary/aromatic N) is 2. The van der Waals surface area contributed by atoms with Gasteiger partial charge in [0.05, 0.1) is 5.75 Å². The monoisotopic (exact) mass is 263 g/mol. The minimum Gasteiger partial charge on any atom is -0.409 e. The SMILES string of the molecule is CN(CCS(C)(=O)=O)C(=O)C1(C(N)=NO)CC1. The van der Waals surface area contributed by atoms with Crippen LogP contribution in [-0.4, -0.2) is 55.9 Å². The van der Waals surface area contributed by atoms with E-state index in [-0.39, 0.29) is 24.0 Å². The topological polar surface area (TPSA) is 113 Å². The Morgan fingerprint density at radius 2 is 2.06 bits per heavy atom. The molecule has 98 valence electrons. The first-order valence-corrected chi connectivity index (χ1v) is 7.20. The second-order valence-corrected chi connectivity index (χ2v) is 6.68. The Bertz CT molecular complexity index is 439. The molecule has 0 unspecified atom stereocenters. The maximum atomic E-state index is 12.0. The van der Waals surface area contributed by atoms with Gasteiger partial charge in [-0.15, -0.1) is 0 Å². The molecule has 0 aromatic carbocycles. The predicted octanol–water partition coefficient (Wildman–Crippen LogP) is -0.984. The summed E-state index contributed by atoms with van der Waals surface area (Å²) in [5.41, 5.74) is 4.55. The summed E-state index contributed by atoms with van der Waals surface area (Å²) in [7, 11) is -1.60. The largest absolute Gasteiger partial charge is 0.409 e. The summed E-state index contributed by atoms with van der Waals surface area (Å²) < 4.78 is 22.0. The van der Waals surface area contributed by atoms with E-state index >= 15 is 0 Å². The number of carbonyl (C=O) groups is 1. The minimum atomic E-state index is -3.11. The fourth-order valence-electron chi connectivity index (χ4n) is 1.57. The van der Waals surface area contributed by atoms with Crippen molar-refractivity contribution in [2.75, 3.05) is 25.6 Å². The molecule has 0 aromatic rings. The minimum absolute atomic E-state index is 0.0957. The molecule has 1 aliphatic rings. The van der Waals surface area contributed by atoms with E-state index in [0.717, 1.165) is 6.26 Å². The third-order valence-electron chi connectivity index (χ3n) is 2.90. The van der Waals surface area contributed by atoms with Gasteiger partial charge in [0.25, 0.3) is 0 Å². The van der Waals surface area contributed by atoms with Gasteiger partial charge in [0.1, 0.15) is 15.3 Å². The zero-order chi connectivity index (χ0) is 13.3. The van der Waals surface area contributed by atoms with Gasteiger partial charge in [-0.05, 0) is 12.8 Å². The molecule has 3 N–H and O–H groups in total. The van der Waals surface area contributed by atoms with Crippen molar-refractivity contribution in [1.29, 1.82) is 0 Å². The number of hydrogen-bond acceptors (Lipinski definition) is 5. The van der Waals surface area contributed by atoms with Crippen LogP contribution in [0.15, 0.2) is 5.16 Å². The van der Waals surface area contributed by atoms with E-state index in [0.29, 0.717) is 12.8 Å². The van der Waals surface area contributed by atoms with Crippen molar-refractivity contribution in [3.63, 3.8) is 0 Å². The van der Waals surface area contributed by atoms with Crippen LogP contribution in [0.3, 0.4) is 0 Å². The van der Waals surface area contributed by atoms with Gasteiger partial charge in [0.2, 0.25) is 5.91 Å². The van der Waals surface area contributed by atoms with Gasteiger partial charge in [-0.2, -0.15) is 0 Å². The lowest BCUT2D eigenvalue weighted by Crippen LogP contribution is -2.43. The third-order valence-corrected chi connectivity index (χ3v) is 3.83. The van der Waals surface area contributed by atoms with Crippen molar-refractivity contribution in [2.24, 2.45) is 16.3 Å². The molecular weight excluding hydrogens is 246 g/mol. The molecule has 0 saturated heterocycles. The average molecular weight is 263 g/mol. The zero-order valence-corrected chi connectivity index (χ0v) is 10.7. The molecule has 1 fully saturated rings. The summed E-state index contributed by atoms with van der Waals surface area (Å²) in [5.74, 6) is -0.494. The Morgan fingerprint density at radius 3 is 2.41 bits per heavy atom. The average Bonchev–Trinajstić information content (AvgIpc) is 3.03. The fourth-order valence-corrected chi connectivity index (χ4v) is 2.18. The molecular formula is C9H17N3O4S. The lowest BCUT2D eigenvalue weighted by Gasteiger charge is -2.22. The quantitative estimate of drug-likeness (QED) is 0.286. The summed E-state index contributed by atoms with van der Waals surface area (Å²) in [6.07, 6.45) is 2.18. The van der Waals surface area contributed by atoms with E-state index in [4.69, 9.17) is 10.9 Å². The van der Waals surface area contributed by atoms with Crippen molar-refractivity contribution >= 4 is 21.6 Å². The van der Waals surface area contributed by atoms with Crippen LogP contribution in [0, 0.1) is 5.41 Å². The van der Waals surface area contributed by atoms with Crippen molar-refractivity contribution < 1.29 is 18.4 Å². The highest BCUT2D eigenvalue weighted by molar-refractivity contribution is 7.90. The Kier molecular flexibility index (Phi) is 3.65. The molecule has 17 heavy (non-hydrogen) atoms. The summed E-state index contributed by atoms with van der Waals surface area (Å²) >= 11 is 0. The van der Waals surface area contributed by atoms with Crippen LogP contribution in [0.1, 0.15) is 12.8 Å². The highest BCUT2D eigenvalue weighted by Gasteiger charge is 2.55.